The Bertz CT molecular complexity index is 1010. The Hall–Kier alpha value is -2.93. The summed E-state index contributed by atoms with van der Waals surface area (Å²) >= 11 is 1.52. The van der Waals surface area contributed by atoms with Crippen molar-refractivity contribution in [3.63, 3.8) is 0 Å². The fraction of sp³-hybridized carbons (Fsp3) is 0.211. The first-order chi connectivity index (χ1) is 12.7. The van der Waals surface area contributed by atoms with Gasteiger partial charge in [-0.1, -0.05) is 30.3 Å². The minimum Gasteiger partial charge on any atom is -0.443 e. The number of aromatic nitrogens is 1. The zero-order valence-corrected chi connectivity index (χ0v) is 14.6. The number of carbonyl (C=O) groups excluding carboxylic acids is 2. The largest absolute Gasteiger partial charge is 0.443 e. The summed E-state index contributed by atoms with van der Waals surface area (Å²) in [7, 11) is 0. The van der Waals surface area contributed by atoms with E-state index in [4.69, 9.17) is 4.42 Å². The van der Waals surface area contributed by atoms with E-state index in [9.17, 15) is 9.59 Å². The highest BCUT2D eigenvalue weighted by Crippen LogP contribution is 2.41. The normalized spacial score (nSPS) is 21.5. The molecule has 2 aromatic heterocycles. The number of aryl methyl sites for hydroxylation is 1. The number of hydrogen-bond acceptors (Lipinski definition) is 5. The van der Waals surface area contributed by atoms with Crippen molar-refractivity contribution >= 4 is 23.3 Å². The highest BCUT2D eigenvalue weighted by atomic mass is 32.1. The summed E-state index contributed by atoms with van der Waals surface area (Å²) in [4.78, 5) is 32.2. The van der Waals surface area contributed by atoms with E-state index in [0.717, 1.165) is 22.4 Å². The highest BCUT2D eigenvalue weighted by Gasteiger charge is 2.55. The van der Waals surface area contributed by atoms with E-state index in [1.54, 1.807) is 0 Å². The number of nitrogens with zero attached hydrogens (tertiary/aromatic N) is 2. The lowest BCUT2D eigenvalue weighted by atomic mass is 9.92. The number of imide groups is 1. The van der Waals surface area contributed by atoms with E-state index in [0.29, 0.717) is 18.0 Å². The maximum atomic E-state index is 13.1. The molecule has 0 saturated carbocycles. The standard InChI is InChI=1S/C19H15N3O3S/c23-17-19(8-7-12-4-1-2-5-14(12)19)21-18(24)22(17)10-13-11-25-16(20-13)15-6-3-9-26-15/h1-6,9,11H,7-8,10H2,(H,21,24)/t19-/m1/s1. The third-order valence-corrected chi connectivity index (χ3v) is 5.88. The Kier molecular flexibility index (Phi) is 3.27. The van der Waals surface area contributed by atoms with Crippen molar-refractivity contribution in [2.45, 2.75) is 24.9 Å². The highest BCUT2D eigenvalue weighted by molar-refractivity contribution is 7.13. The molecule has 1 spiro atoms. The van der Waals surface area contributed by atoms with Gasteiger partial charge in [0.1, 0.15) is 11.8 Å². The van der Waals surface area contributed by atoms with Crippen LogP contribution in [0, 0.1) is 0 Å². The minimum atomic E-state index is -0.937. The number of thiophene rings is 1. The van der Waals surface area contributed by atoms with Crippen LogP contribution in [0.5, 0.6) is 0 Å². The number of amides is 3. The van der Waals surface area contributed by atoms with Crippen molar-refractivity contribution in [2.75, 3.05) is 0 Å². The quantitative estimate of drug-likeness (QED) is 0.723. The molecule has 0 bridgehead atoms. The topological polar surface area (TPSA) is 75.4 Å². The lowest BCUT2D eigenvalue weighted by Crippen LogP contribution is -2.41. The van der Waals surface area contributed by atoms with Gasteiger partial charge in [0.05, 0.1) is 17.1 Å². The number of urea groups is 1. The number of nitrogens with one attached hydrogen (secondary N) is 1. The number of oxazole rings is 1. The first-order valence-corrected chi connectivity index (χ1v) is 9.26. The molecule has 1 N–H and O–H groups in total. The molecule has 0 unspecified atom stereocenters. The van der Waals surface area contributed by atoms with Gasteiger partial charge in [0.15, 0.2) is 0 Å². The summed E-state index contributed by atoms with van der Waals surface area (Å²) in [5.74, 6) is 0.288. The fourth-order valence-corrected chi connectivity index (χ4v) is 4.44. The molecule has 1 atom stereocenters. The van der Waals surface area contributed by atoms with Crippen LogP contribution in [-0.2, 0) is 23.3 Å². The van der Waals surface area contributed by atoms with Crippen molar-refractivity contribution in [1.82, 2.24) is 15.2 Å². The van der Waals surface area contributed by atoms with E-state index >= 15 is 0 Å². The van der Waals surface area contributed by atoms with Crippen molar-refractivity contribution < 1.29 is 14.0 Å². The lowest BCUT2D eigenvalue weighted by molar-refractivity contribution is -0.132. The van der Waals surface area contributed by atoms with E-state index < -0.39 is 5.54 Å². The van der Waals surface area contributed by atoms with Gasteiger partial charge in [-0.05, 0) is 35.4 Å². The Morgan fingerprint density at radius 2 is 2.12 bits per heavy atom. The summed E-state index contributed by atoms with van der Waals surface area (Å²) in [6, 6.07) is 11.2. The van der Waals surface area contributed by atoms with Crippen molar-refractivity contribution in [3.8, 4) is 10.8 Å². The van der Waals surface area contributed by atoms with E-state index in [1.807, 2.05) is 41.8 Å². The van der Waals surface area contributed by atoms with Crippen molar-refractivity contribution in [3.05, 3.63) is 64.9 Å². The molecule has 3 heterocycles. The summed E-state index contributed by atoms with van der Waals surface area (Å²) in [5, 5.41) is 4.86. The van der Waals surface area contributed by atoms with Crippen LogP contribution >= 0.6 is 11.3 Å². The smallest absolute Gasteiger partial charge is 0.325 e. The van der Waals surface area contributed by atoms with Crippen LogP contribution in [0.25, 0.3) is 10.8 Å². The van der Waals surface area contributed by atoms with Crippen LogP contribution in [0.3, 0.4) is 0 Å². The zero-order chi connectivity index (χ0) is 17.7. The van der Waals surface area contributed by atoms with Gasteiger partial charge in [0.2, 0.25) is 5.89 Å². The third kappa shape index (κ3) is 2.13. The Labute approximate surface area is 153 Å². The van der Waals surface area contributed by atoms with E-state index in [2.05, 4.69) is 10.3 Å². The monoisotopic (exact) mass is 365 g/mol. The van der Waals surface area contributed by atoms with Gasteiger partial charge >= 0.3 is 6.03 Å². The third-order valence-electron chi connectivity index (χ3n) is 5.03. The number of hydrogen-bond donors (Lipinski definition) is 1. The fourth-order valence-electron chi connectivity index (χ4n) is 3.79. The average molecular weight is 365 g/mol. The van der Waals surface area contributed by atoms with Gasteiger partial charge in [-0.25, -0.2) is 9.78 Å². The molecule has 1 fully saturated rings. The Balaban J connectivity index is 1.43. The summed E-state index contributed by atoms with van der Waals surface area (Å²) in [5.41, 5.74) is 1.64. The zero-order valence-electron chi connectivity index (χ0n) is 13.8. The summed E-state index contributed by atoms with van der Waals surface area (Å²) in [6.07, 6.45) is 2.87. The minimum absolute atomic E-state index is 0.101. The predicted octanol–water partition coefficient (Wildman–Crippen LogP) is 3.30. The molecule has 1 saturated heterocycles. The van der Waals surface area contributed by atoms with Crippen molar-refractivity contribution in [2.24, 2.45) is 0 Å². The maximum Gasteiger partial charge on any atom is 0.325 e. The second kappa shape index (κ2) is 5.54. The van der Waals surface area contributed by atoms with Crippen molar-refractivity contribution in [1.29, 1.82) is 0 Å². The first-order valence-electron chi connectivity index (χ1n) is 8.38. The molecule has 0 radical (unpaired) electrons. The van der Waals surface area contributed by atoms with Gasteiger partial charge < -0.3 is 9.73 Å². The molecule has 3 amide bonds. The molecule has 1 aliphatic carbocycles. The number of rotatable bonds is 3. The molecule has 1 aliphatic heterocycles. The number of fused-ring (bicyclic) bond motifs is 2. The molecule has 3 aromatic rings. The molecule has 6 nitrogen and oxygen atoms in total. The molecule has 1 aromatic carbocycles. The first kappa shape index (κ1) is 15.3. The van der Waals surface area contributed by atoms with Crippen LogP contribution in [-0.4, -0.2) is 21.8 Å². The van der Waals surface area contributed by atoms with Gasteiger partial charge in [0, 0.05) is 0 Å². The molecule has 130 valence electrons. The average Bonchev–Trinajstić information content (AvgIpc) is 3.41. The molecular weight excluding hydrogens is 350 g/mol. The van der Waals surface area contributed by atoms with Gasteiger partial charge in [-0.3, -0.25) is 9.69 Å². The van der Waals surface area contributed by atoms with Gasteiger partial charge in [-0.15, -0.1) is 11.3 Å². The Morgan fingerprint density at radius 3 is 2.96 bits per heavy atom. The number of benzene rings is 1. The lowest BCUT2D eigenvalue weighted by Gasteiger charge is -2.22. The Morgan fingerprint density at radius 1 is 1.23 bits per heavy atom. The summed E-state index contributed by atoms with van der Waals surface area (Å²) < 4.78 is 5.49. The van der Waals surface area contributed by atoms with Crippen LogP contribution in [0.4, 0.5) is 4.79 Å². The molecule has 26 heavy (non-hydrogen) atoms. The maximum absolute atomic E-state index is 13.1. The van der Waals surface area contributed by atoms with Gasteiger partial charge in [-0.2, -0.15) is 0 Å². The summed E-state index contributed by atoms with van der Waals surface area (Å²) in [6.45, 7) is 0.101. The van der Waals surface area contributed by atoms with E-state index in [-0.39, 0.29) is 18.5 Å². The number of carbonyl (C=O) groups is 2. The van der Waals surface area contributed by atoms with E-state index in [1.165, 1.54) is 22.5 Å². The van der Waals surface area contributed by atoms with Crippen LogP contribution in [0.2, 0.25) is 0 Å². The van der Waals surface area contributed by atoms with Crippen LogP contribution in [0.1, 0.15) is 23.2 Å². The van der Waals surface area contributed by atoms with Crippen LogP contribution in [0.15, 0.2) is 52.5 Å². The molecular formula is C19H15N3O3S. The second-order valence-electron chi connectivity index (χ2n) is 6.51. The SMILES string of the molecule is O=C1N[C@@]2(CCc3ccccc32)C(=O)N1Cc1coc(-c2cccs2)n1. The molecule has 7 heteroatoms. The van der Waals surface area contributed by atoms with Gasteiger partial charge in [0.25, 0.3) is 5.91 Å². The molecule has 2 aliphatic rings. The molecule has 5 rings (SSSR count). The predicted molar refractivity (Wildman–Crippen MR) is 95.3 cm³/mol. The van der Waals surface area contributed by atoms with Crippen LogP contribution < -0.4 is 5.32 Å². The second-order valence-corrected chi connectivity index (χ2v) is 7.45.